The lowest BCUT2D eigenvalue weighted by molar-refractivity contribution is -0.128. The number of hydrogen-bond acceptors (Lipinski definition) is 7. The van der Waals surface area contributed by atoms with E-state index in [2.05, 4.69) is 20.4 Å². The van der Waals surface area contributed by atoms with E-state index in [0.29, 0.717) is 25.6 Å². The van der Waals surface area contributed by atoms with Crippen molar-refractivity contribution >= 4 is 22.4 Å². The van der Waals surface area contributed by atoms with Gasteiger partial charge in [0, 0.05) is 39.3 Å². The van der Waals surface area contributed by atoms with Crippen LogP contribution in [0.2, 0.25) is 0 Å². The van der Waals surface area contributed by atoms with E-state index < -0.39 is 0 Å². The third-order valence-corrected chi connectivity index (χ3v) is 5.22. The van der Waals surface area contributed by atoms with Crippen LogP contribution in [0, 0.1) is 18.8 Å². The fourth-order valence-corrected chi connectivity index (χ4v) is 3.94. The molecule has 3 atom stereocenters. The molecule has 8 heteroatoms. The summed E-state index contributed by atoms with van der Waals surface area (Å²) in [6.07, 6.45) is 1.06. The van der Waals surface area contributed by atoms with Crippen molar-refractivity contribution in [2.75, 3.05) is 44.9 Å². The number of anilines is 1. The highest BCUT2D eigenvalue weighted by atomic mass is 32.1. The zero-order valence-corrected chi connectivity index (χ0v) is 13.8. The van der Waals surface area contributed by atoms with Gasteiger partial charge < -0.3 is 19.7 Å². The fraction of sp³-hybridized carbons (Fsp3) is 0.786. The van der Waals surface area contributed by atoms with Crippen molar-refractivity contribution in [1.82, 2.24) is 15.5 Å². The van der Waals surface area contributed by atoms with Gasteiger partial charge in [0.1, 0.15) is 5.01 Å². The number of nitrogens with one attached hydrogen (secondary N) is 1. The highest BCUT2D eigenvalue weighted by molar-refractivity contribution is 7.15. The van der Waals surface area contributed by atoms with E-state index in [1.54, 1.807) is 18.4 Å². The number of amides is 1. The van der Waals surface area contributed by atoms with Crippen molar-refractivity contribution in [2.45, 2.75) is 19.4 Å². The van der Waals surface area contributed by atoms with Gasteiger partial charge in [0.2, 0.25) is 11.0 Å². The van der Waals surface area contributed by atoms with Gasteiger partial charge in [-0.15, -0.1) is 10.2 Å². The SMILES string of the molecule is COCCNC(=O)[C@H]1CN(c2nnc(C)s2)C[C@H]2OCC[C@@H]12. The Morgan fingerprint density at radius 2 is 2.36 bits per heavy atom. The highest BCUT2D eigenvalue weighted by Crippen LogP contribution is 2.36. The Labute approximate surface area is 134 Å². The minimum atomic E-state index is -0.0673. The number of hydrogen-bond donors (Lipinski definition) is 1. The molecule has 2 fully saturated rings. The Balaban J connectivity index is 1.70. The number of piperidine rings is 1. The molecule has 0 radical (unpaired) electrons. The predicted molar refractivity (Wildman–Crippen MR) is 83.1 cm³/mol. The molecule has 2 aliphatic heterocycles. The molecule has 0 aliphatic carbocycles. The van der Waals surface area contributed by atoms with Crippen molar-refractivity contribution in [3.63, 3.8) is 0 Å². The number of fused-ring (bicyclic) bond motifs is 1. The quantitative estimate of drug-likeness (QED) is 0.792. The Kier molecular flexibility index (Phi) is 4.90. The van der Waals surface area contributed by atoms with E-state index in [9.17, 15) is 4.79 Å². The number of ether oxygens (including phenoxy) is 2. The lowest BCUT2D eigenvalue weighted by Crippen LogP contribution is -2.53. The molecule has 0 spiro atoms. The van der Waals surface area contributed by atoms with E-state index in [-0.39, 0.29) is 17.9 Å². The first kappa shape index (κ1) is 15.6. The first-order valence-corrected chi connectivity index (χ1v) is 8.44. The second-order valence-corrected chi connectivity index (χ2v) is 6.92. The zero-order chi connectivity index (χ0) is 15.5. The third kappa shape index (κ3) is 3.23. The number of nitrogens with zero attached hydrogens (tertiary/aromatic N) is 3. The van der Waals surface area contributed by atoms with Crippen LogP contribution in [0.1, 0.15) is 11.4 Å². The van der Waals surface area contributed by atoms with Gasteiger partial charge in [-0.3, -0.25) is 4.79 Å². The standard InChI is InChI=1S/C14H22N4O3S/c1-9-16-17-14(22-9)18-7-11(13(19)15-4-6-20-2)10-3-5-21-12(10)8-18/h10-12H,3-8H2,1-2H3,(H,15,19)/t10-,11-,12+/m0/s1. The molecule has 3 heterocycles. The van der Waals surface area contributed by atoms with E-state index in [4.69, 9.17) is 9.47 Å². The van der Waals surface area contributed by atoms with Gasteiger partial charge in [0.25, 0.3) is 0 Å². The van der Waals surface area contributed by atoms with Crippen LogP contribution in [-0.2, 0) is 14.3 Å². The number of methoxy groups -OCH3 is 1. The van der Waals surface area contributed by atoms with Crippen molar-refractivity contribution in [3.05, 3.63) is 5.01 Å². The molecule has 2 aliphatic rings. The van der Waals surface area contributed by atoms with Gasteiger partial charge in [0.15, 0.2) is 0 Å². The largest absolute Gasteiger partial charge is 0.383 e. The minimum Gasteiger partial charge on any atom is -0.383 e. The molecule has 3 rings (SSSR count). The molecule has 0 bridgehead atoms. The summed E-state index contributed by atoms with van der Waals surface area (Å²) in [5.41, 5.74) is 0. The summed E-state index contributed by atoms with van der Waals surface area (Å²) in [6.45, 7) is 5.22. The van der Waals surface area contributed by atoms with Gasteiger partial charge in [0.05, 0.1) is 18.6 Å². The average molecular weight is 326 g/mol. The second-order valence-electron chi connectivity index (χ2n) is 5.76. The van der Waals surface area contributed by atoms with Crippen LogP contribution in [0.5, 0.6) is 0 Å². The summed E-state index contributed by atoms with van der Waals surface area (Å²) in [4.78, 5) is 14.7. The van der Waals surface area contributed by atoms with Crippen LogP contribution in [0.15, 0.2) is 0 Å². The number of aryl methyl sites for hydroxylation is 1. The zero-order valence-electron chi connectivity index (χ0n) is 12.9. The highest BCUT2D eigenvalue weighted by Gasteiger charge is 2.44. The van der Waals surface area contributed by atoms with E-state index in [1.165, 1.54) is 0 Å². The molecule has 2 saturated heterocycles. The van der Waals surface area contributed by atoms with E-state index in [1.807, 2.05) is 6.92 Å². The topological polar surface area (TPSA) is 76.6 Å². The molecule has 0 saturated carbocycles. The molecular weight excluding hydrogens is 304 g/mol. The van der Waals surface area contributed by atoms with Crippen molar-refractivity contribution in [3.8, 4) is 0 Å². The lowest BCUT2D eigenvalue weighted by Gasteiger charge is -2.38. The molecule has 22 heavy (non-hydrogen) atoms. The van der Waals surface area contributed by atoms with Crippen molar-refractivity contribution in [2.24, 2.45) is 11.8 Å². The summed E-state index contributed by atoms with van der Waals surface area (Å²) in [5, 5.41) is 13.1. The molecule has 1 aromatic rings. The summed E-state index contributed by atoms with van der Waals surface area (Å²) < 4.78 is 10.8. The number of carbonyl (C=O) groups excluding carboxylic acids is 1. The van der Waals surface area contributed by atoms with Crippen LogP contribution in [0.3, 0.4) is 0 Å². The van der Waals surface area contributed by atoms with Crippen molar-refractivity contribution < 1.29 is 14.3 Å². The number of rotatable bonds is 5. The molecule has 1 aromatic heterocycles. The summed E-state index contributed by atoms with van der Waals surface area (Å²) in [6, 6.07) is 0. The normalized spacial score (nSPS) is 27.7. The van der Waals surface area contributed by atoms with Gasteiger partial charge in [-0.2, -0.15) is 0 Å². The lowest BCUT2D eigenvalue weighted by atomic mass is 9.82. The maximum absolute atomic E-state index is 12.5. The maximum atomic E-state index is 12.5. The van der Waals surface area contributed by atoms with Gasteiger partial charge in [-0.25, -0.2) is 0 Å². The molecule has 122 valence electrons. The summed E-state index contributed by atoms with van der Waals surface area (Å²) >= 11 is 1.56. The molecule has 1 amide bonds. The smallest absolute Gasteiger partial charge is 0.225 e. The Morgan fingerprint density at radius 3 is 3.09 bits per heavy atom. The second kappa shape index (κ2) is 6.89. The molecule has 0 aromatic carbocycles. The molecule has 0 unspecified atom stereocenters. The van der Waals surface area contributed by atoms with Crippen LogP contribution < -0.4 is 10.2 Å². The summed E-state index contributed by atoms with van der Waals surface area (Å²) in [7, 11) is 1.63. The fourth-order valence-electron chi connectivity index (χ4n) is 3.23. The first-order chi connectivity index (χ1) is 10.7. The predicted octanol–water partition coefficient (Wildman–Crippen LogP) is 0.450. The monoisotopic (exact) mass is 326 g/mol. The van der Waals surface area contributed by atoms with Crippen LogP contribution in [0.25, 0.3) is 0 Å². The van der Waals surface area contributed by atoms with Crippen LogP contribution in [0.4, 0.5) is 5.13 Å². The maximum Gasteiger partial charge on any atom is 0.225 e. The molecule has 7 nitrogen and oxygen atoms in total. The third-order valence-electron chi connectivity index (χ3n) is 4.32. The van der Waals surface area contributed by atoms with Crippen LogP contribution in [-0.4, -0.2) is 62.2 Å². The van der Waals surface area contributed by atoms with E-state index in [0.717, 1.165) is 29.7 Å². The Morgan fingerprint density at radius 1 is 1.50 bits per heavy atom. The van der Waals surface area contributed by atoms with Crippen LogP contribution >= 0.6 is 11.3 Å². The average Bonchev–Trinajstić information content (AvgIpc) is 3.14. The minimum absolute atomic E-state index is 0.0673. The van der Waals surface area contributed by atoms with Gasteiger partial charge in [-0.05, 0) is 13.3 Å². The Bertz CT molecular complexity index is 524. The first-order valence-electron chi connectivity index (χ1n) is 7.62. The summed E-state index contributed by atoms with van der Waals surface area (Å²) in [5.74, 6) is 0.318. The number of carbonyl (C=O) groups is 1. The van der Waals surface area contributed by atoms with Crippen molar-refractivity contribution in [1.29, 1.82) is 0 Å². The van der Waals surface area contributed by atoms with Gasteiger partial charge in [-0.1, -0.05) is 11.3 Å². The number of aromatic nitrogens is 2. The molecular formula is C14H22N4O3S. The van der Waals surface area contributed by atoms with Gasteiger partial charge >= 0.3 is 0 Å². The molecule has 1 N–H and O–H groups in total. The Hall–Kier alpha value is -1.25. The van der Waals surface area contributed by atoms with E-state index >= 15 is 0 Å².